The molecule has 0 aliphatic carbocycles. The highest BCUT2D eigenvalue weighted by molar-refractivity contribution is 7.89. The molecule has 0 aromatic rings. The van der Waals surface area contributed by atoms with Gasteiger partial charge in [-0.1, -0.05) is 0 Å². The van der Waals surface area contributed by atoms with Crippen molar-refractivity contribution in [2.75, 3.05) is 18.9 Å². The van der Waals surface area contributed by atoms with E-state index in [9.17, 15) is 13.2 Å². The van der Waals surface area contributed by atoms with Crippen molar-refractivity contribution in [3.05, 3.63) is 0 Å². The predicted octanol–water partition coefficient (Wildman–Crippen LogP) is -1.18. The van der Waals surface area contributed by atoms with E-state index in [1.54, 1.807) is 0 Å². The summed E-state index contributed by atoms with van der Waals surface area (Å²) in [7, 11) is -3.50. The first-order valence-corrected chi connectivity index (χ1v) is 6.50. The molecule has 7 heteroatoms. The van der Waals surface area contributed by atoms with E-state index in [0.717, 1.165) is 0 Å². The highest BCUT2D eigenvalue weighted by Gasteiger charge is 2.27. The van der Waals surface area contributed by atoms with Gasteiger partial charge in [-0.3, -0.25) is 4.79 Å². The van der Waals surface area contributed by atoms with Gasteiger partial charge < -0.3 is 10.1 Å². The Morgan fingerprint density at radius 1 is 1.60 bits per heavy atom. The zero-order chi connectivity index (χ0) is 11.5. The first-order chi connectivity index (χ1) is 6.88. The van der Waals surface area contributed by atoms with Crippen LogP contribution in [0.25, 0.3) is 0 Å². The van der Waals surface area contributed by atoms with Crippen LogP contribution in [0.15, 0.2) is 0 Å². The van der Waals surface area contributed by atoms with Gasteiger partial charge in [0, 0.05) is 6.54 Å². The molecule has 0 aromatic heterocycles. The van der Waals surface area contributed by atoms with Crippen LogP contribution >= 0.6 is 0 Å². The Morgan fingerprint density at radius 3 is 2.73 bits per heavy atom. The van der Waals surface area contributed by atoms with E-state index < -0.39 is 10.0 Å². The zero-order valence-electron chi connectivity index (χ0n) is 8.60. The molecule has 6 nitrogen and oxygen atoms in total. The Balaban J connectivity index is 2.25. The van der Waals surface area contributed by atoms with Crippen molar-refractivity contribution in [3.63, 3.8) is 0 Å². The number of nitrogens with two attached hydrogens (primary N) is 1. The number of sulfonamides is 1. The van der Waals surface area contributed by atoms with Crippen molar-refractivity contribution >= 4 is 15.9 Å². The lowest BCUT2D eigenvalue weighted by atomic mass is 10.1. The number of hydrogen-bond acceptors (Lipinski definition) is 4. The number of ether oxygens (including phenoxy) is 1. The average Bonchev–Trinajstić information content (AvgIpc) is 2.49. The number of carbonyl (C=O) groups excluding carboxylic acids is 1. The Hall–Kier alpha value is -0.660. The van der Waals surface area contributed by atoms with Crippen molar-refractivity contribution in [1.29, 1.82) is 0 Å². The third-order valence-electron chi connectivity index (χ3n) is 2.25. The molecule has 1 rings (SSSR count). The van der Waals surface area contributed by atoms with Crippen LogP contribution in [-0.2, 0) is 19.6 Å². The number of carbonyl (C=O) groups is 1. The molecule has 1 aliphatic heterocycles. The largest absolute Gasteiger partial charge is 0.378 e. The maximum absolute atomic E-state index is 11.4. The van der Waals surface area contributed by atoms with Crippen LogP contribution in [0.4, 0.5) is 0 Å². The summed E-state index contributed by atoms with van der Waals surface area (Å²) in [6.45, 7) is 2.36. The molecule has 1 amide bonds. The van der Waals surface area contributed by atoms with Crippen LogP contribution in [-0.4, -0.2) is 39.3 Å². The van der Waals surface area contributed by atoms with Crippen LogP contribution in [0.3, 0.4) is 0 Å². The minimum absolute atomic E-state index is 0.0581. The monoisotopic (exact) mass is 236 g/mol. The number of amides is 1. The third kappa shape index (κ3) is 4.59. The number of rotatable bonds is 4. The van der Waals surface area contributed by atoms with E-state index in [2.05, 4.69) is 5.32 Å². The van der Waals surface area contributed by atoms with Crippen LogP contribution < -0.4 is 10.5 Å². The zero-order valence-corrected chi connectivity index (χ0v) is 9.42. The van der Waals surface area contributed by atoms with Crippen LogP contribution in [0.2, 0.25) is 0 Å². The van der Waals surface area contributed by atoms with Gasteiger partial charge in [-0.05, 0) is 13.3 Å². The topological polar surface area (TPSA) is 98.5 Å². The first-order valence-electron chi connectivity index (χ1n) is 4.78. The van der Waals surface area contributed by atoms with Crippen molar-refractivity contribution in [2.45, 2.75) is 19.4 Å². The maximum atomic E-state index is 11.4. The SMILES string of the molecule is CC1CC(C(=O)NCCS(N)(=O)=O)CO1. The second-order valence-corrected chi connectivity index (χ2v) is 5.47. The van der Waals surface area contributed by atoms with Gasteiger partial charge in [0.2, 0.25) is 15.9 Å². The van der Waals surface area contributed by atoms with E-state index in [-0.39, 0.29) is 30.2 Å². The summed E-state index contributed by atoms with van der Waals surface area (Å²) in [5.41, 5.74) is 0. The summed E-state index contributed by atoms with van der Waals surface area (Å²) in [4.78, 5) is 11.4. The van der Waals surface area contributed by atoms with Crippen LogP contribution in [0.5, 0.6) is 0 Å². The van der Waals surface area contributed by atoms with Gasteiger partial charge in [0.05, 0.1) is 24.4 Å². The minimum Gasteiger partial charge on any atom is -0.378 e. The lowest BCUT2D eigenvalue weighted by Crippen LogP contribution is -2.35. The first kappa shape index (κ1) is 12.4. The Morgan fingerprint density at radius 2 is 2.27 bits per heavy atom. The van der Waals surface area contributed by atoms with Gasteiger partial charge in [-0.2, -0.15) is 0 Å². The Kier molecular flexibility index (Phi) is 4.06. The fourth-order valence-corrected chi connectivity index (χ4v) is 1.85. The Bertz CT molecular complexity index is 328. The summed E-state index contributed by atoms with van der Waals surface area (Å²) < 4.78 is 26.4. The van der Waals surface area contributed by atoms with Crippen molar-refractivity contribution < 1.29 is 17.9 Å². The van der Waals surface area contributed by atoms with Gasteiger partial charge >= 0.3 is 0 Å². The van der Waals surface area contributed by atoms with Gasteiger partial charge in [0.1, 0.15) is 0 Å². The molecule has 0 spiro atoms. The molecule has 15 heavy (non-hydrogen) atoms. The van der Waals surface area contributed by atoms with Crippen molar-refractivity contribution in [2.24, 2.45) is 11.1 Å². The van der Waals surface area contributed by atoms with Gasteiger partial charge in [-0.15, -0.1) is 0 Å². The summed E-state index contributed by atoms with van der Waals surface area (Å²) in [5, 5.41) is 7.32. The molecule has 1 saturated heterocycles. The molecule has 2 atom stereocenters. The highest BCUT2D eigenvalue weighted by Crippen LogP contribution is 2.18. The molecule has 0 bridgehead atoms. The lowest BCUT2D eigenvalue weighted by Gasteiger charge is -2.08. The molecule has 3 N–H and O–H groups in total. The minimum atomic E-state index is -3.50. The molecular formula is C8H16N2O4S. The fourth-order valence-electron chi connectivity index (χ4n) is 1.46. The van der Waals surface area contributed by atoms with E-state index >= 15 is 0 Å². The summed E-state index contributed by atoms with van der Waals surface area (Å²) in [6, 6.07) is 0. The fraction of sp³-hybridized carbons (Fsp3) is 0.875. The van der Waals surface area contributed by atoms with Crippen molar-refractivity contribution in [3.8, 4) is 0 Å². The molecule has 1 fully saturated rings. The van der Waals surface area contributed by atoms with Crippen LogP contribution in [0, 0.1) is 5.92 Å². The van der Waals surface area contributed by atoms with E-state index in [0.29, 0.717) is 13.0 Å². The lowest BCUT2D eigenvalue weighted by molar-refractivity contribution is -0.124. The maximum Gasteiger partial charge on any atom is 0.225 e. The highest BCUT2D eigenvalue weighted by atomic mass is 32.2. The summed E-state index contributed by atoms with van der Waals surface area (Å²) in [5.74, 6) is -0.564. The van der Waals surface area contributed by atoms with E-state index in [1.165, 1.54) is 0 Å². The third-order valence-corrected chi connectivity index (χ3v) is 3.03. The average molecular weight is 236 g/mol. The molecule has 88 valence electrons. The number of primary sulfonamides is 1. The summed E-state index contributed by atoms with van der Waals surface area (Å²) in [6.07, 6.45) is 0.778. The molecule has 1 aliphatic rings. The van der Waals surface area contributed by atoms with Crippen LogP contribution in [0.1, 0.15) is 13.3 Å². The second-order valence-electron chi connectivity index (χ2n) is 3.73. The predicted molar refractivity (Wildman–Crippen MR) is 54.5 cm³/mol. The molecule has 2 unspecified atom stereocenters. The molecule has 0 saturated carbocycles. The quantitative estimate of drug-likeness (QED) is 0.641. The summed E-state index contributed by atoms with van der Waals surface area (Å²) >= 11 is 0. The van der Waals surface area contributed by atoms with E-state index in [1.807, 2.05) is 6.92 Å². The molecule has 0 radical (unpaired) electrons. The smallest absolute Gasteiger partial charge is 0.225 e. The second kappa shape index (κ2) is 4.91. The van der Waals surface area contributed by atoms with Gasteiger partial charge in [0.25, 0.3) is 0 Å². The molecule has 0 aromatic carbocycles. The number of hydrogen-bond donors (Lipinski definition) is 2. The standard InChI is InChI=1S/C8H16N2O4S/c1-6-4-7(5-14-6)8(11)10-2-3-15(9,12)13/h6-7H,2-5H2,1H3,(H,10,11)(H2,9,12,13). The number of nitrogens with one attached hydrogen (secondary N) is 1. The van der Waals surface area contributed by atoms with E-state index in [4.69, 9.17) is 9.88 Å². The van der Waals surface area contributed by atoms with Gasteiger partial charge in [-0.25, -0.2) is 13.6 Å². The molecular weight excluding hydrogens is 220 g/mol. The van der Waals surface area contributed by atoms with Crippen molar-refractivity contribution in [1.82, 2.24) is 5.32 Å². The van der Waals surface area contributed by atoms with Gasteiger partial charge in [0.15, 0.2) is 0 Å². The normalized spacial score (nSPS) is 26.5. The molecule has 1 heterocycles. The Labute approximate surface area is 89.2 Å².